The zero-order valence-electron chi connectivity index (χ0n) is 15.7. The molecular weight excluding hydrogens is 345 g/mol. The fourth-order valence-electron chi connectivity index (χ4n) is 3.15. The highest BCUT2D eigenvalue weighted by molar-refractivity contribution is 5.91. The van der Waals surface area contributed by atoms with Crippen LogP contribution in [0.2, 0.25) is 0 Å². The Bertz CT molecular complexity index is 764. The molecule has 1 aliphatic heterocycles. The summed E-state index contributed by atoms with van der Waals surface area (Å²) in [7, 11) is 2.12. The van der Waals surface area contributed by atoms with Gasteiger partial charge >= 0.3 is 0 Å². The summed E-state index contributed by atoms with van der Waals surface area (Å²) >= 11 is 0. The van der Waals surface area contributed by atoms with E-state index in [9.17, 15) is 9.18 Å². The normalized spacial score (nSPS) is 15.6. The number of rotatable bonds is 7. The van der Waals surface area contributed by atoms with E-state index in [4.69, 9.17) is 4.42 Å². The predicted octanol–water partition coefficient (Wildman–Crippen LogP) is 2.99. The Kier molecular flexibility index (Phi) is 6.42. The van der Waals surface area contributed by atoms with E-state index in [-0.39, 0.29) is 11.7 Å². The molecular formula is C21H26FN3O2. The number of furan rings is 1. The standard InChI is InChI=1S/C21H26FN3O2/c1-3-10-25(15-17-4-6-18(22)7-5-17)21(26)20-9-8-19(27-20)16-24-13-11-23(2)12-14-24/h3-9H,1,10-16H2,2H3. The molecule has 0 aliphatic carbocycles. The van der Waals surface area contributed by atoms with Gasteiger partial charge in [0.25, 0.3) is 5.91 Å². The van der Waals surface area contributed by atoms with Crippen molar-refractivity contribution in [2.75, 3.05) is 39.8 Å². The van der Waals surface area contributed by atoms with Crippen molar-refractivity contribution >= 4 is 5.91 Å². The van der Waals surface area contributed by atoms with Gasteiger partial charge in [-0.25, -0.2) is 4.39 Å². The molecule has 1 aromatic carbocycles. The molecule has 0 bridgehead atoms. The molecule has 144 valence electrons. The van der Waals surface area contributed by atoms with Crippen molar-refractivity contribution in [3.05, 3.63) is 72.0 Å². The zero-order chi connectivity index (χ0) is 19.2. The van der Waals surface area contributed by atoms with Gasteiger partial charge in [0.2, 0.25) is 0 Å². The van der Waals surface area contributed by atoms with Gasteiger partial charge in [-0.15, -0.1) is 6.58 Å². The fourth-order valence-corrected chi connectivity index (χ4v) is 3.15. The fraction of sp³-hybridized carbons (Fsp3) is 0.381. The summed E-state index contributed by atoms with van der Waals surface area (Å²) in [5.74, 6) is 0.634. The first-order valence-electron chi connectivity index (χ1n) is 9.19. The van der Waals surface area contributed by atoms with Gasteiger partial charge in [-0.2, -0.15) is 0 Å². The number of piperazine rings is 1. The van der Waals surface area contributed by atoms with Gasteiger partial charge in [0, 0.05) is 39.3 Å². The van der Waals surface area contributed by atoms with Crippen LogP contribution < -0.4 is 0 Å². The molecule has 1 amide bonds. The molecule has 0 atom stereocenters. The second-order valence-corrected chi connectivity index (χ2v) is 6.95. The van der Waals surface area contributed by atoms with Crippen LogP contribution >= 0.6 is 0 Å². The first-order chi connectivity index (χ1) is 13.0. The maximum Gasteiger partial charge on any atom is 0.290 e. The molecule has 0 radical (unpaired) electrons. The number of hydrogen-bond acceptors (Lipinski definition) is 4. The third kappa shape index (κ3) is 5.28. The Labute approximate surface area is 159 Å². The van der Waals surface area contributed by atoms with E-state index in [1.54, 1.807) is 29.2 Å². The van der Waals surface area contributed by atoms with E-state index < -0.39 is 0 Å². The summed E-state index contributed by atoms with van der Waals surface area (Å²) in [5, 5.41) is 0. The zero-order valence-corrected chi connectivity index (χ0v) is 15.7. The minimum absolute atomic E-state index is 0.191. The Morgan fingerprint density at radius 3 is 2.56 bits per heavy atom. The molecule has 1 aromatic heterocycles. The first-order valence-corrected chi connectivity index (χ1v) is 9.19. The van der Waals surface area contributed by atoms with Crippen LogP contribution in [0.5, 0.6) is 0 Å². The van der Waals surface area contributed by atoms with E-state index >= 15 is 0 Å². The van der Waals surface area contributed by atoms with E-state index in [1.165, 1.54) is 12.1 Å². The quantitative estimate of drug-likeness (QED) is 0.702. The Morgan fingerprint density at radius 1 is 1.19 bits per heavy atom. The largest absolute Gasteiger partial charge is 0.455 e. The molecule has 2 aromatic rings. The average molecular weight is 371 g/mol. The third-order valence-corrected chi connectivity index (χ3v) is 4.77. The molecule has 0 N–H and O–H groups in total. The Morgan fingerprint density at radius 2 is 1.89 bits per heavy atom. The van der Waals surface area contributed by atoms with Crippen LogP contribution in [0, 0.1) is 5.82 Å². The van der Waals surface area contributed by atoms with Crippen LogP contribution in [0.1, 0.15) is 21.9 Å². The number of amides is 1. The van der Waals surface area contributed by atoms with Crippen LogP contribution in [0.3, 0.4) is 0 Å². The summed E-state index contributed by atoms with van der Waals surface area (Å²) in [6.45, 7) is 9.27. The monoisotopic (exact) mass is 371 g/mol. The number of benzene rings is 1. The molecule has 0 unspecified atom stereocenters. The lowest BCUT2D eigenvalue weighted by Gasteiger charge is -2.31. The molecule has 0 spiro atoms. The second kappa shape index (κ2) is 8.97. The number of carbonyl (C=O) groups excluding carboxylic acids is 1. The van der Waals surface area contributed by atoms with E-state index in [2.05, 4.69) is 23.4 Å². The van der Waals surface area contributed by atoms with E-state index in [0.29, 0.717) is 25.4 Å². The maximum absolute atomic E-state index is 13.1. The van der Waals surface area contributed by atoms with Crippen LogP contribution in [0.4, 0.5) is 4.39 Å². The molecule has 5 nitrogen and oxygen atoms in total. The summed E-state index contributed by atoms with van der Waals surface area (Å²) in [6.07, 6.45) is 1.68. The minimum Gasteiger partial charge on any atom is -0.455 e. The Hall–Kier alpha value is -2.44. The van der Waals surface area contributed by atoms with Crippen LogP contribution in [0.15, 0.2) is 53.5 Å². The number of likely N-dealkylation sites (N-methyl/N-ethyl adjacent to an activating group) is 1. The molecule has 27 heavy (non-hydrogen) atoms. The highest BCUT2D eigenvalue weighted by atomic mass is 19.1. The molecule has 0 saturated carbocycles. The maximum atomic E-state index is 13.1. The van der Waals surface area contributed by atoms with E-state index in [0.717, 1.165) is 37.5 Å². The van der Waals surface area contributed by atoms with Gasteiger partial charge in [0.1, 0.15) is 11.6 Å². The van der Waals surface area contributed by atoms with Gasteiger partial charge in [0.05, 0.1) is 6.54 Å². The number of nitrogens with zero attached hydrogens (tertiary/aromatic N) is 3. The van der Waals surface area contributed by atoms with Gasteiger partial charge in [-0.1, -0.05) is 18.2 Å². The van der Waals surface area contributed by atoms with Gasteiger partial charge in [-0.3, -0.25) is 9.69 Å². The second-order valence-electron chi connectivity index (χ2n) is 6.95. The summed E-state index contributed by atoms with van der Waals surface area (Å²) < 4.78 is 18.9. The predicted molar refractivity (Wildman–Crippen MR) is 103 cm³/mol. The lowest BCUT2D eigenvalue weighted by atomic mass is 10.2. The average Bonchev–Trinajstić information content (AvgIpc) is 3.13. The molecule has 3 rings (SSSR count). The van der Waals surface area contributed by atoms with Crippen LogP contribution in [0.25, 0.3) is 0 Å². The lowest BCUT2D eigenvalue weighted by Crippen LogP contribution is -2.43. The van der Waals surface area contributed by atoms with Crippen LogP contribution in [-0.2, 0) is 13.1 Å². The molecule has 6 heteroatoms. The molecule has 1 fully saturated rings. The van der Waals surface area contributed by atoms with Crippen molar-refractivity contribution in [2.24, 2.45) is 0 Å². The van der Waals surface area contributed by atoms with Gasteiger partial charge in [-0.05, 0) is 36.9 Å². The number of halogens is 1. The Balaban J connectivity index is 1.64. The topological polar surface area (TPSA) is 39.9 Å². The summed E-state index contributed by atoms with van der Waals surface area (Å²) in [4.78, 5) is 19.1. The van der Waals surface area contributed by atoms with Crippen LogP contribution in [-0.4, -0.2) is 60.4 Å². The van der Waals surface area contributed by atoms with Gasteiger partial charge < -0.3 is 14.2 Å². The molecule has 1 saturated heterocycles. The molecule has 2 heterocycles. The number of hydrogen-bond donors (Lipinski definition) is 0. The van der Waals surface area contributed by atoms with Crippen molar-refractivity contribution in [2.45, 2.75) is 13.1 Å². The van der Waals surface area contributed by atoms with Crippen molar-refractivity contribution in [3.63, 3.8) is 0 Å². The smallest absolute Gasteiger partial charge is 0.290 e. The van der Waals surface area contributed by atoms with Gasteiger partial charge in [0.15, 0.2) is 5.76 Å². The third-order valence-electron chi connectivity index (χ3n) is 4.77. The van der Waals surface area contributed by atoms with Crippen molar-refractivity contribution < 1.29 is 13.6 Å². The minimum atomic E-state index is -0.292. The highest BCUT2D eigenvalue weighted by Gasteiger charge is 2.20. The summed E-state index contributed by atoms with van der Waals surface area (Å²) in [6, 6.07) is 9.75. The van der Waals surface area contributed by atoms with Crippen molar-refractivity contribution in [1.29, 1.82) is 0 Å². The SMILES string of the molecule is C=CCN(Cc1ccc(F)cc1)C(=O)c1ccc(CN2CCN(C)CC2)o1. The first kappa shape index (κ1) is 19.3. The van der Waals surface area contributed by atoms with Crippen molar-refractivity contribution in [1.82, 2.24) is 14.7 Å². The lowest BCUT2D eigenvalue weighted by molar-refractivity contribution is 0.0724. The highest BCUT2D eigenvalue weighted by Crippen LogP contribution is 2.16. The number of carbonyl (C=O) groups is 1. The van der Waals surface area contributed by atoms with Crippen molar-refractivity contribution in [3.8, 4) is 0 Å². The van der Waals surface area contributed by atoms with E-state index in [1.807, 2.05) is 6.07 Å². The molecule has 1 aliphatic rings. The summed E-state index contributed by atoms with van der Waals surface area (Å²) in [5.41, 5.74) is 0.857.